The highest BCUT2D eigenvalue weighted by Crippen LogP contribution is 2.33. The molecule has 1 unspecified atom stereocenters. The number of anilines is 1. The first-order valence-electron chi connectivity index (χ1n) is 8.79. The van der Waals surface area contributed by atoms with Crippen LogP contribution in [0.1, 0.15) is 35.9 Å². The Morgan fingerprint density at radius 3 is 2.48 bits per heavy atom. The summed E-state index contributed by atoms with van der Waals surface area (Å²) in [7, 11) is 0. The number of amides is 1. The lowest BCUT2D eigenvalue weighted by molar-refractivity contribution is 0.0657. The van der Waals surface area contributed by atoms with E-state index in [1.165, 1.54) is 6.07 Å². The zero-order valence-corrected chi connectivity index (χ0v) is 14.7. The van der Waals surface area contributed by atoms with Crippen molar-refractivity contribution >= 4 is 11.6 Å². The minimum Gasteiger partial charge on any atom is -0.361 e. The van der Waals surface area contributed by atoms with Gasteiger partial charge < -0.3 is 15.1 Å². The maximum Gasteiger partial charge on any atom is 0.257 e. The highest BCUT2D eigenvalue weighted by atomic mass is 19.1. The molecule has 1 heterocycles. The molecular weight excluding hydrogens is 317 g/mol. The van der Waals surface area contributed by atoms with E-state index in [2.05, 4.69) is 24.1 Å². The van der Waals surface area contributed by atoms with Crippen molar-refractivity contribution in [3.8, 4) is 0 Å². The zero-order chi connectivity index (χ0) is 17.8. The van der Waals surface area contributed by atoms with E-state index >= 15 is 0 Å². The first kappa shape index (κ1) is 17.4. The molecule has 0 saturated heterocycles. The first-order chi connectivity index (χ1) is 12.2. The van der Waals surface area contributed by atoms with Gasteiger partial charge in [-0.15, -0.1) is 0 Å². The Morgan fingerprint density at radius 1 is 1.08 bits per heavy atom. The Balaban J connectivity index is 1.95. The predicted molar refractivity (Wildman–Crippen MR) is 98.0 cm³/mol. The third kappa shape index (κ3) is 3.51. The van der Waals surface area contributed by atoms with Crippen molar-refractivity contribution in [2.45, 2.75) is 20.0 Å². The highest BCUT2D eigenvalue weighted by molar-refractivity contribution is 6.01. The number of nitrogens with zero attached hydrogens (tertiary/aromatic N) is 2. The van der Waals surface area contributed by atoms with E-state index in [0.717, 1.165) is 25.3 Å². The molecule has 1 aliphatic rings. The van der Waals surface area contributed by atoms with Gasteiger partial charge in [0.1, 0.15) is 12.0 Å². The second-order valence-electron chi connectivity index (χ2n) is 6.14. The smallest absolute Gasteiger partial charge is 0.257 e. The van der Waals surface area contributed by atoms with Crippen LogP contribution in [0.5, 0.6) is 0 Å². The highest BCUT2D eigenvalue weighted by Gasteiger charge is 2.33. The molecule has 0 aliphatic carbocycles. The first-order valence-corrected chi connectivity index (χ1v) is 8.79. The van der Waals surface area contributed by atoms with Crippen LogP contribution in [0.2, 0.25) is 0 Å². The second-order valence-corrected chi connectivity index (χ2v) is 6.14. The number of hydrogen-bond donors (Lipinski definition) is 1. The second kappa shape index (κ2) is 7.66. The molecule has 0 radical (unpaired) electrons. The van der Waals surface area contributed by atoms with Gasteiger partial charge in [-0.25, -0.2) is 4.39 Å². The van der Waals surface area contributed by atoms with Crippen molar-refractivity contribution < 1.29 is 9.18 Å². The van der Waals surface area contributed by atoms with E-state index in [4.69, 9.17) is 0 Å². The molecule has 25 heavy (non-hydrogen) atoms. The summed E-state index contributed by atoms with van der Waals surface area (Å²) < 4.78 is 14.4. The molecule has 0 spiro atoms. The number of carbonyl (C=O) groups is 1. The summed E-state index contributed by atoms with van der Waals surface area (Å²) in [5, 5.41) is 3.34. The molecule has 5 heteroatoms. The molecule has 132 valence electrons. The lowest BCUT2D eigenvalue weighted by atomic mass is 10.0. The molecule has 0 fully saturated rings. The summed E-state index contributed by atoms with van der Waals surface area (Å²) in [5.41, 5.74) is 1.87. The third-order valence-corrected chi connectivity index (χ3v) is 4.77. The largest absolute Gasteiger partial charge is 0.361 e. The van der Waals surface area contributed by atoms with Gasteiger partial charge in [-0.1, -0.05) is 44.2 Å². The van der Waals surface area contributed by atoms with E-state index in [9.17, 15) is 9.18 Å². The Morgan fingerprint density at radius 2 is 1.76 bits per heavy atom. The lowest BCUT2D eigenvalue weighted by Crippen LogP contribution is -2.46. The quantitative estimate of drug-likeness (QED) is 0.869. The zero-order valence-electron chi connectivity index (χ0n) is 14.7. The number of halogens is 1. The van der Waals surface area contributed by atoms with Crippen molar-refractivity contribution in [3.05, 3.63) is 65.5 Å². The molecule has 1 atom stereocenters. The lowest BCUT2D eigenvalue weighted by Gasteiger charge is -2.39. The maximum absolute atomic E-state index is 14.4. The summed E-state index contributed by atoms with van der Waals surface area (Å²) in [6.07, 6.45) is -0.501. The molecule has 0 saturated carbocycles. The minimum absolute atomic E-state index is 0.0604. The molecule has 2 aromatic rings. The number of fused-ring (bicyclic) bond motifs is 1. The van der Waals surface area contributed by atoms with Gasteiger partial charge in [-0.2, -0.15) is 0 Å². The van der Waals surface area contributed by atoms with Crippen molar-refractivity contribution in [1.29, 1.82) is 0 Å². The minimum atomic E-state index is -0.501. The third-order valence-electron chi connectivity index (χ3n) is 4.77. The SMILES string of the molecule is CCN(CC)CCN1C(=O)c2ccccc2NC1c1ccccc1F. The maximum atomic E-state index is 14.4. The van der Waals surface area contributed by atoms with Crippen molar-refractivity contribution in [2.75, 3.05) is 31.5 Å². The summed E-state index contributed by atoms with van der Waals surface area (Å²) >= 11 is 0. The van der Waals surface area contributed by atoms with E-state index in [1.807, 2.05) is 24.3 Å². The Labute approximate surface area is 148 Å². The number of benzene rings is 2. The number of para-hydroxylation sites is 1. The number of rotatable bonds is 6. The standard InChI is InChI=1S/C20H24FN3O/c1-3-23(4-2)13-14-24-19(15-9-5-7-11-17(15)21)22-18-12-8-6-10-16(18)20(24)25/h5-12,19,22H,3-4,13-14H2,1-2H3. The Bertz CT molecular complexity index is 745. The van der Waals surface area contributed by atoms with Crippen LogP contribution in [0.15, 0.2) is 48.5 Å². The summed E-state index contributed by atoms with van der Waals surface area (Å²) in [6, 6.07) is 14.0. The average molecular weight is 341 g/mol. The predicted octanol–water partition coefficient (Wildman–Crippen LogP) is 3.73. The molecule has 3 rings (SSSR count). The number of carbonyl (C=O) groups excluding carboxylic acids is 1. The van der Waals surface area contributed by atoms with Crippen LogP contribution in [0.4, 0.5) is 10.1 Å². The Kier molecular flexibility index (Phi) is 5.34. The monoisotopic (exact) mass is 341 g/mol. The van der Waals surface area contributed by atoms with Gasteiger partial charge in [0, 0.05) is 24.3 Å². The molecule has 1 aliphatic heterocycles. The molecule has 1 amide bonds. The number of hydrogen-bond acceptors (Lipinski definition) is 3. The van der Waals surface area contributed by atoms with Crippen molar-refractivity contribution in [1.82, 2.24) is 9.80 Å². The van der Waals surface area contributed by atoms with E-state index in [1.54, 1.807) is 23.1 Å². The van der Waals surface area contributed by atoms with Crippen LogP contribution < -0.4 is 5.32 Å². The fraction of sp³-hybridized carbons (Fsp3) is 0.350. The topological polar surface area (TPSA) is 35.6 Å². The molecular formula is C20H24FN3O. The van der Waals surface area contributed by atoms with Crippen molar-refractivity contribution in [3.63, 3.8) is 0 Å². The van der Waals surface area contributed by atoms with Gasteiger partial charge in [0.2, 0.25) is 0 Å². The van der Waals surface area contributed by atoms with E-state index in [-0.39, 0.29) is 11.7 Å². The summed E-state index contributed by atoms with van der Waals surface area (Å²) in [4.78, 5) is 17.0. The molecule has 0 aromatic heterocycles. The van der Waals surface area contributed by atoms with Gasteiger partial charge >= 0.3 is 0 Å². The van der Waals surface area contributed by atoms with Crippen molar-refractivity contribution in [2.24, 2.45) is 0 Å². The van der Waals surface area contributed by atoms with Crippen LogP contribution in [-0.2, 0) is 0 Å². The fourth-order valence-electron chi connectivity index (χ4n) is 3.25. The number of likely N-dealkylation sites (N-methyl/N-ethyl adjacent to an activating group) is 1. The van der Waals surface area contributed by atoms with Gasteiger partial charge in [0.25, 0.3) is 5.91 Å². The fourth-order valence-corrected chi connectivity index (χ4v) is 3.25. The van der Waals surface area contributed by atoms with E-state index in [0.29, 0.717) is 17.7 Å². The van der Waals surface area contributed by atoms with Crippen LogP contribution in [0.25, 0.3) is 0 Å². The average Bonchev–Trinajstić information content (AvgIpc) is 2.64. The molecule has 4 nitrogen and oxygen atoms in total. The molecule has 2 aromatic carbocycles. The normalized spacial score (nSPS) is 16.7. The summed E-state index contributed by atoms with van der Waals surface area (Å²) in [6.45, 7) is 7.35. The van der Waals surface area contributed by atoms with Gasteiger partial charge in [0.05, 0.1) is 5.56 Å². The van der Waals surface area contributed by atoms with E-state index < -0.39 is 6.17 Å². The Hall–Kier alpha value is -2.40. The molecule has 1 N–H and O–H groups in total. The summed E-state index contributed by atoms with van der Waals surface area (Å²) in [5.74, 6) is -0.366. The van der Waals surface area contributed by atoms with Gasteiger partial charge in [0.15, 0.2) is 0 Å². The molecule has 0 bridgehead atoms. The van der Waals surface area contributed by atoms with Crippen LogP contribution in [-0.4, -0.2) is 41.9 Å². The van der Waals surface area contributed by atoms with Crippen LogP contribution >= 0.6 is 0 Å². The van der Waals surface area contributed by atoms with Crippen LogP contribution in [0.3, 0.4) is 0 Å². The van der Waals surface area contributed by atoms with Crippen LogP contribution in [0, 0.1) is 5.82 Å². The number of nitrogens with one attached hydrogen (secondary N) is 1. The van der Waals surface area contributed by atoms with Gasteiger partial charge in [-0.3, -0.25) is 4.79 Å². The van der Waals surface area contributed by atoms with Gasteiger partial charge in [-0.05, 0) is 31.3 Å².